The second-order valence-electron chi connectivity index (χ2n) is 22.2. The lowest BCUT2D eigenvalue weighted by atomic mass is 9.73. The molecule has 64 heavy (non-hydrogen) atoms. The molecule has 4 rings (SSSR count). The van der Waals surface area contributed by atoms with Crippen molar-refractivity contribution < 1.29 is 61.5 Å². The van der Waals surface area contributed by atoms with Crippen LogP contribution in [0.1, 0.15) is 94.9 Å². The molecule has 0 unspecified atom stereocenters. The fourth-order valence-electron chi connectivity index (χ4n) is 10.9. The van der Waals surface area contributed by atoms with E-state index in [0.29, 0.717) is 6.42 Å². The highest BCUT2D eigenvalue weighted by Gasteiger charge is 2.61. The summed E-state index contributed by atoms with van der Waals surface area (Å²) in [5, 5.41) is 13.0. The molecule has 0 aliphatic carbocycles. The van der Waals surface area contributed by atoms with Crippen LogP contribution < -0.4 is 5.73 Å². The molecule has 18 atom stereocenters. The summed E-state index contributed by atoms with van der Waals surface area (Å²) in [6, 6.07) is -0.906. The van der Waals surface area contributed by atoms with Crippen molar-refractivity contribution >= 4 is 34.5 Å². The monoisotopic (exact) mass is 946 g/mol. The predicted octanol–water partition coefficient (Wildman–Crippen LogP) is 5.93. The first-order valence-electron chi connectivity index (χ1n) is 23.7. The lowest BCUT2D eigenvalue weighted by Crippen LogP contribution is -2.63. The average Bonchev–Trinajstić information content (AvgIpc) is 3.43. The molecule has 1 amide bonds. The summed E-state index contributed by atoms with van der Waals surface area (Å²) in [4.78, 5) is 46.9. The van der Waals surface area contributed by atoms with Gasteiger partial charge in [-0.1, -0.05) is 27.7 Å². The molecule has 0 spiro atoms. The van der Waals surface area contributed by atoms with Gasteiger partial charge in [0.25, 0.3) is 0 Å². The smallest absolute Gasteiger partial charge is 0.410 e. The maximum atomic E-state index is 14.9. The Morgan fingerprint density at radius 1 is 0.859 bits per heavy atom. The first-order chi connectivity index (χ1) is 29.3. The Kier molecular flexibility index (Phi) is 18.0. The van der Waals surface area contributed by atoms with Crippen LogP contribution in [0.2, 0.25) is 39.3 Å². The van der Waals surface area contributed by atoms with Crippen LogP contribution >= 0.6 is 0 Å². The number of amides is 1. The topological polar surface area (TPSA) is 187 Å². The highest BCUT2D eigenvalue weighted by atomic mass is 28.4. The number of esters is 1. The Morgan fingerprint density at radius 2 is 1.47 bits per heavy atom. The summed E-state index contributed by atoms with van der Waals surface area (Å²) < 4.78 is 59.8. The van der Waals surface area contributed by atoms with Crippen LogP contribution in [0.4, 0.5) is 4.79 Å². The number of aliphatic hydroxyl groups is 1. The summed E-state index contributed by atoms with van der Waals surface area (Å²) in [5.41, 5.74) is 2.05. The van der Waals surface area contributed by atoms with E-state index in [1.807, 2.05) is 48.7 Å². The SMILES string of the molecule is CC[C@H]1OC(=O)[C@H](C)[C@@H](O[C@H]2C[C@@](C)(OC)[C@@H](O[Si](C)(C)C)[C@H](C)O2)[C@@H](C)[C@@H](O[C@@H]2O[C@H](C)C[C@H](N(C)C)[C@H]2O[Si](C)(C)C)[C@@](C)(O)C[C@@H](C)C(=O)[C@H](C)[C@H]2N(CCN)C(=O)O[C@]12C. The number of carbonyl (C=O) groups excluding carboxylic acids is 3. The maximum absolute atomic E-state index is 14.9. The van der Waals surface area contributed by atoms with Crippen LogP contribution in [0.15, 0.2) is 0 Å². The van der Waals surface area contributed by atoms with Gasteiger partial charge < -0.3 is 57.8 Å². The third-order valence-corrected chi connectivity index (χ3v) is 15.9. The number of nitrogens with two attached hydrogens (primary N) is 1. The third kappa shape index (κ3) is 12.4. The second kappa shape index (κ2) is 21.0. The van der Waals surface area contributed by atoms with Crippen molar-refractivity contribution in [3.8, 4) is 0 Å². The van der Waals surface area contributed by atoms with Crippen molar-refractivity contribution in [2.75, 3.05) is 34.3 Å². The first-order valence-corrected chi connectivity index (χ1v) is 30.5. The van der Waals surface area contributed by atoms with Crippen molar-refractivity contribution in [3.05, 3.63) is 0 Å². The third-order valence-electron chi connectivity index (χ3n) is 13.9. The normalized spacial score (nSPS) is 43.4. The van der Waals surface area contributed by atoms with E-state index in [-0.39, 0.29) is 50.3 Å². The van der Waals surface area contributed by atoms with Gasteiger partial charge >= 0.3 is 12.1 Å². The summed E-state index contributed by atoms with van der Waals surface area (Å²) in [6.45, 7) is 31.3. The number of rotatable bonds is 13. The number of ketones is 1. The second-order valence-corrected chi connectivity index (χ2v) is 31.1. The van der Waals surface area contributed by atoms with Crippen LogP contribution in [-0.2, 0) is 51.6 Å². The van der Waals surface area contributed by atoms with E-state index in [1.54, 1.807) is 41.7 Å². The zero-order chi connectivity index (χ0) is 48.7. The molecular formula is C46H87N3O13Si2. The van der Waals surface area contributed by atoms with Gasteiger partial charge in [0.1, 0.15) is 18.0 Å². The van der Waals surface area contributed by atoms with Gasteiger partial charge in [-0.15, -0.1) is 0 Å². The highest BCUT2D eigenvalue weighted by Crippen LogP contribution is 2.45. The van der Waals surface area contributed by atoms with Crippen LogP contribution in [0.5, 0.6) is 0 Å². The number of carbonyl (C=O) groups is 3. The fraction of sp³-hybridized carbons (Fsp3) is 0.935. The van der Waals surface area contributed by atoms with E-state index < -0.39 is 124 Å². The number of ether oxygens (including phenoxy) is 7. The van der Waals surface area contributed by atoms with E-state index in [9.17, 15) is 19.5 Å². The molecule has 372 valence electrons. The van der Waals surface area contributed by atoms with E-state index in [2.05, 4.69) is 44.2 Å². The van der Waals surface area contributed by atoms with E-state index >= 15 is 0 Å². The Hall–Kier alpha value is -1.56. The molecule has 4 fully saturated rings. The molecular weight excluding hydrogens is 859 g/mol. The molecule has 0 aromatic heterocycles. The summed E-state index contributed by atoms with van der Waals surface area (Å²) >= 11 is 0. The van der Waals surface area contributed by atoms with Gasteiger partial charge in [-0.05, 0) is 114 Å². The number of methoxy groups -OCH3 is 1. The minimum atomic E-state index is -2.21. The van der Waals surface area contributed by atoms with E-state index in [0.717, 1.165) is 0 Å². The number of hydrogen-bond donors (Lipinski definition) is 2. The van der Waals surface area contributed by atoms with Crippen LogP contribution in [-0.4, -0.2) is 168 Å². The quantitative estimate of drug-likeness (QED) is 0.163. The Labute approximate surface area is 386 Å². The van der Waals surface area contributed by atoms with Crippen molar-refractivity contribution in [1.29, 1.82) is 0 Å². The summed E-state index contributed by atoms with van der Waals surface area (Å²) in [7, 11) is 1.40. The Bertz CT molecular complexity index is 1600. The van der Waals surface area contributed by atoms with Gasteiger partial charge in [0.15, 0.2) is 34.8 Å². The lowest BCUT2D eigenvalue weighted by molar-refractivity contribution is -0.315. The number of Topliss-reactive ketones (excluding diaryl/α,β-unsaturated/α-hetero) is 1. The molecule has 4 heterocycles. The summed E-state index contributed by atoms with van der Waals surface area (Å²) in [6.07, 6.45) is -5.88. The van der Waals surface area contributed by atoms with Gasteiger partial charge in [0.05, 0.1) is 53.7 Å². The molecule has 3 N–H and O–H groups in total. The molecule has 0 aromatic carbocycles. The van der Waals surface area contributed by atoms with Crippen molar-refractivity contribution in [1.82, 2.24) is 9.80 Å². The van der Waals surface area contributed by atoms with Crippen molar-refractivity contribution in [2.24, 2.45) is 29.4 Å². The van der Waals surface area contributed by atoms with Gasteiger partial charge in [-0.25, -0.2) is 4.79 Å². The molecule has 0 saturated carbocycles. The maximum Gasteiger partial charge on any atom is 0.410 e. The molecule has 0 bridgehead atoms. The van der Waals surface area contributed by atoms with E-state index in [4.69, 9.17) is 47.7 Å². The highest BCUT2D eigenvalue weighted by molar-refractivity contribution is 6.70. The molecule has 4 aliphatic rings. The fourth-order valence-corrected chi connectivity index (χ4v) is 13.2. The molecule has 18 heteroatoms. The van der Waals surface area contributed by atoms with Crippen molar-refractivity contribution in [2.45, 2.75) is 218 Å². The van der Waals surface area contributed by atoms with E-state index in [1.165, 1.54) is 4.90 Å². The van der Waals surface area contributed by atoms with Gasteiger partial charge in [0.2, 0.25) is 0 Å². The first kappa shape index (κ1) is 55.0. The number of nitrogens with zero attached hydrogens (tertiary/aromatic N) is 2. The molecule has 4 aliphatic heterocycles. The molecule has 16 nitrogen and oxygen atoms in total. The number of cyclic esters (lactones) is 1. The summed E-state index contributed by atoms with van der Waals surface area (Å²) in [5.74, 6) is -4.08. The van der Waals surface area contributed by atoms with Crippen LogP contribution in [0.25, 0.3) is 0 Å². The van der Waals surface area contributed by atoms with Crippen LogP contribution in [0, 0.1) is 23.7 Å². The van der Waals surface area contributed by atoms with Gasteiger partial charge in [0, 0.05) is 50.4 Å². The number of fused-ring (bicyclic) bond motifs is 1. The predicted molar refractivity (Wildman–Crippen MR) is 248 cm³/mol. The zero-order valence-electron chi connectivity index (χ0n) is 42.7. The van der Waals surface area contributed by atoms with Crippen molar-refractivity contribution in [3.63, 3.8) is 0 Å². The largest absolute Gasteiger partial charge is 0.458 e. The standard InChI is InChI=1S/C46H87N3O13Si2/c1-20-33-46(10)38(49(22-21-47)43(52)60-46)28(4)35(50)26(2)24-44(8,53)39(59-42-37(61-63(14,15)16)32(48(11)12)23-27(3)55-42)29(5)36(30(6)41(51)57-33)58-34-25-45(9,54-13)40(31(7)56-34)62-64(17,18)19/h26-34,36-40,42,53H,20-25,47H2,1-19H3/t26-,27-,28+,29-,30-,31+,32+,33-,34+,36+,37-,38-,39-,40+,42+,44+,45-,46-/m1/s1. The Balaban J connectivity index is 1.92. The lowest BCUT2D eigenvalue weighted by Gasteiger charge is -2.51. The van der Waals surface area contributed by atoms with Gasteiger partial charge in [-0.3, -0.25) is 14.5 Å². The average molecular weight is 946 g/mol. The molecule has 0 radical (unpaired) electrons. The number of hydrogen-bond acceptors (Lipinski definition) is 15. The van der Waals surface area contributed by atoms with Crippen LogP contribution in [0.3, 0.4) is 0 Å². The minimum Gasteiger partial charge on any atom is -0.458 e. The Morgan fingerprint density at radius 3 is 2.00 bits per heavy atom. The van der Waals surface area contributed by atoms with Gasteiger partial charge in [-0.2, -0.15) is 0 Å². The zero-order valence-corrected chi connectivity index (χ0v) is 44.7. The molecule has 0 aromatic rings. The molecule has 4 saturated heterocycles. The number of likely N-dealkylation sites (N-methyl/N-ethyl adjacent to an activating group) is 1. The minimum absolute atomic E-state index is 0.0313.